The Kier molecular flexibility index (Phi) is 6.54. The molecule has 1 amide bonds. The number of rotatable bonds is 8. The molecule has 7 nitrogen and oxygen atoms in total. The van der Waals surface area contributed by atoms with Gasteiger partial charge in [0.05, 0.1) is 12.2 Å². The fraction of sp³-hybridized carbons (Fsp3) is 0.320. The summed E-state index contributed by atoms with van der Waals surface area (Å²) in [6.45, 7) is 6.10. The molecule has 3 aromatic rings. The molecular weight excluding hydrogens is 406 g/mol. The van der Waals surface area contributed by atoms with Gasteiger partial charge in [-0.15, -0.1) is 0 Å². The number of fused-ring (bicyclic) bond motifs is 1. The average Bonchev–Trinajstić information content (AvgIpc) is 3.12. The van der Waals surface area contributed by atoms with Gasteiger partial charge < -0.3 is 14.8 Å². The molecule has 2 aromatic carbocycles. The van der Waals surface area contributed by atoms with Crippen LogP contribution < -0.4 is 14.8 Å². The van der Waals surface area contributed by atoms with Gasteiger partial charge in [0.2, 0.25) is 5.91 Å². The number of hydrogen-bond acceptors (Lipinski definition) is 5. The van der Waals surface area contributed by atoms with E-state index in [9.17, 15) is 9.59 Å². The zero-order valence-corrected chi connectivity index (χ0v) is 18.4. The number of Topliss-reactive ketones (excluding diaryl/α,β-unsaturated/α-hetero) is 1. The summed E-state index contributed by atoms with van der Waals surface area (Å²) in [5.74, 6) is 0.973. The predicted molar refractivity (Wildman–Crippen MR) is 120 cm³/mol. The number of benzene rings is 2. The van der Waals surface area contributed by atoms with Crippen LogP contribution in [-0.2, 0) is 17.9 Å². The van der Waals surface area contributed by atoms with Crippen LogP contribution >= 0.6 is 0 Å². The summed E-state index contributed by atoms with van der Waals surface area (Å²) in [4.78, 5) is 24.8. The third-order valence-corrected chi connectivity index (χ3v) is 5.36. The first-order valence-electron chi connectivity index (χ1n) is 10.8. The molecule has 0 spiro atoms. The maximum absolute atomic E-state index is 12.5. The van der Waals surface area contributed by atoms with Crippen LogP contribution in [0, 0.1) is 13.8 Å². The maximum atomic E-state index is 12.5. The molecule has 0 saturated heterocycles. The van der Waals surface area contributed by atoms with Gasteiger partial charge in [0.1, 0.15) is 13.2 Å². The molecular formula is C25H27N3O4. The maximum Gasteiger partial charge on any atom is 0.220 e. The van der Waals surface area contributed by atoms with E-state index in [0.717, 1.165) is 22.5 Å². The smallest absolute Gasteiger partial charge is 0.220 e. The van der Waals surface area contributed by atoms with Gasteiger partial charge >= 0.3 is 0 Å². The molecule has 4 rings (SSSR count). The van der Waals surface area contributed by atoms with E-state index < -0.39 is 0 Å². The van der Waals surface area contributed by atoms with Crippen molar-refractivity contribution in [3.63, 3.8) is 0 Å². The van der Waals surface area contributed by atoms with Crippen molar-refractivity contribution in [2.24, 2.45) is 0 Å². The first-order valence-corrected chi connectivity index (χ1v) is 10.8. The summed E-state index contributed by atoms with van der Waals surface area (Å²) in [6.07, 6.45) is 0.280. The number of ketones is 1. The number of ether oxygens (including phenoxy) is 2. The molecule has 32 heavy (non-hydrogen) atoms. The quantitative estimate of drug-likeness (QED) is 0.549. The Morgan fingerprint density at radius 3 is 2.53 bits per heavy atom. The third kappa shape index (κ3) is 5.35. The van der Waals surface area contributed by atoms with Gasteiger partial charge in [0.15, 0.2) is 17.3 Å². The lowest BCUT2D eigenvalue weighted by atomic mass is 10.1. The van der Waals surface area contributed by atoms with Crippen molar-refractivity contribution in [2.45, 2.75) is 39.8 Å². The fourth-order valence-electron chi connectivity index (χ4n) is 3.72. The highest BCUT2D eigenvalue weighted by atomic mass is 16.6. The van der Waals surface area contributed by atoms with Crippen LogP contribution in [0.3, 0.4) is 0 Å². The van der Waals surface area contributed by atoms with Crippen LogP contribution in [0.4, 0.5) is 0 Å². The van der Waals surface area contributed by atoms with Gasteiger partial charge in [-0.25, -0.2) is 0 Å². The number of nitrogens with one attached hydrogen (secondary N) is 1. The molecule has 0 bridgehead atoms. The van der Waals surface area contributed by atoms with Crippen molar-refractivity contribution in [2.75, 3.05) is 13.2 Å². The zero-order valence-electron chi connectivity index (χ0n) is 18.4. The van der Waals surface area contributed by atoms with Gasteiger partial charge in [0.25, 0.3) is 0 Å². The molecule has 166 valence electrons. The second-order valence-electron chi connectivity index (χ2n) is 7.96. The van der Waals surface area contributed by atoms with E-state index >= 15 is 0 Å². The molecule has 1 N–H and O–H groups in total. The lowest BCUT2D eigenvalue weighted by Gasteiger charge is -2.18. The van der Waals surface area contributed by atoms with Crippen LogP contribution in [0.15, 0.2) is 48.5 Å². The van der Waals surface area contributed by atoms with Crippen molar-refractivity contribution in [3.8, 4) is 11.5 Å². The van der Waals surface area contributed by atoms with Crippen molar-refractivity contribution in [1.82, 2.24) is 15.1 Å². The van der Waals surface area contributed by atoms with Crippen molar-refractivity contribution in [3.05, 3.63) is 76.6 Å². The van der Waals surface area contributed by atoms with Crippen LogP contribution in [0.1, 0.15) is 45.7 Å². The Bertz CT molecular complexity index is 1140. The fourth-order valence-corrected chi connectivity index (χ4v) is 3.72. The number of carbonyl (C=O) groups is 2. The SMILES string of the molecule is Cc1cc(C)n(Cc2cccc(CNC(=O)CCC(=O)c3ccc4c(c3)OCCO4)c2)n1. The van der Waals surface area contributed by atoms with Gasteiger partial charge in [-0.2, -0.15) is 5.10 Å². The third-order valence-electron chi connectivity index (χ3n) is 5.36. The van der Waals surface area contributed by atoms with Crippen LogP contribution in [-0.4, -0.2) is 34.7 Å². The lowest BCUT2D eigenvalue weighted by Crippen LogP contribution is -2.23. The summed E-state index contributed by atoms with van der Waals surface area (Å²) >= 11 is 0. The summed E-state index contributed by atoms with van der Waals surface area (Å²) in [5, 5.41) is 7.40. The number of amides is 1. The van der Waals surface area contributed by atoms with E-state index in [1.54, 1.807) is 18.2 Å². The van der Waals surface area contributed by atoms with Gasteiger partial charge in [-0.1, -0.05) is 24.3 Å². The Balaban J connectivity index is 1.27. The van der Waals surface area contributed by atoms with Gasteiger partial charge in [-0.3, -0.25) is 14.3 Å². The second kappa shape index (κ2) is 9.68. The molecule has 0 radical (unpaired) electrons. The molecule has 0 unspecified atom stereocenters. The molecule has 1 aromatic heterocycles. The highest BCUT2D eigenvalue weighted by molar-refractivity contribution is 5.98. The number of nitrogens with zero attached hydrogens (tertiary/aromatic N) is 2. The molecule has 1 aliphatic rings. The molecule has 2 heterocycles. The summed E-state index contributed by atoms with van der Waals surface area (Å²) < 4.78 is 13.0. The summed E-state index contributed by atoms with van der Waals surface area (Å²) in [6, 6.07) is 15.3. The van der Waals surface area contributed by atoms with Crippen molar-refractivity contribution < 1.29 is 19.1 Å². The van der Waals surface area contributed by atoms with E-state index in [-0.39, 0.29) is 24.5 Å². The second-order valence-corrected chi connectivity index (χ2v) is 7.96. The van der Waals surface area contributed by atoms with Crippen LogP contribution in [0.25, 0.3) is 0 Å². The lowest BCUT2D eigenvalue weighted by molar-refractivity contribution is -0.121. The molecule has 0 atom stereocenters. The first kappa shape index (κ1) is 21.6. The van der Waals surface area contributed by atoms with Crippen LogP contribution in [0.5, 0.6) is 11.5 Å². The Hall–Kier alpha value is -3.61. The van der Waals surface area contributed by atoms with E-state index in [2.05, 4.69) is 22.5 Å². The zero-order chi connectivity index (χ0) is 22.5. The highest BCUT2D eigenvalue weighted by Gasteiger charge is 2.16. The number of carbonyl (C=O) groups excluding carboxylic acids is 2. The standard InChI is InChI=1S/C25H27N3O4/c1-17-12-18(2)28(27-17)16-20-5-3-4-19(13-20)15-26-25(30)9-7-22(29)21-6-8-23-24(14-21)32-11-10-31-23/h3-6,8,12-14H,7,9-11,15-16H2,1-2H3,(H,26,30). The Labute approximate surface area is 187 Å². The van der Waals surface area contributed by atoms with E-state index in [4.69, 9.17) is 9.47 Å². The predicted octanol–water partition coefficient (Wildman–Crippen LogP) is 3.60. The van der Waals surface area contributed by atoms with Crippen molar-refractivity contribution >= 4 is 11.7 Å². The Morgan fingerprint density at radius 2 is 1.75 bits per heavy atom. The minimum atomic E-state index is -0.153. The topological polar surface area (TPSA) is 82.5 Å². The van der Waals surface area contributed by atoms with Gasteiger partial charge in [0, 0.05) is 30.6 Å². The normalized spacial score (nSPS) is 12.4. The molecule has 0 fully saturated rings. The first-order chi connectivity index (χ1) is 15.5. The van der Waals surface area contributed by atoms with Crippen molar-refractivity contribution in [1.29, 1.82) is 0 Å². The summed E-state index contributed by atoms with van der Waals surface area (Å²) in [5.41, 5.74) is 4.77. The monoisotopic (exact) mass is 433 g/mol. The number of aryl methyl sites for hydroxylation is 2. The average molecular weight is 434 g/mol. The Morgan fingerprint density at radius 1 is 0.969 bits per heavy atom. The molecule has 7 heteroatoms. The largest absolute Gasteiger partial charge is 0.486 e. The summed E-state index contributed by atoms with van der Waals surface area (Å²) in [7, 11) is 0. The molecule has 1 aliphatic heterocycles. The van der Waals surface area contributed by atoms with Gasteiger partial charge in [-0.05, 0) is 49.2 Å². The van der Waals surface area contributed by atoms with E-state index in [0.29, 0.717) is 43.4 Å². The highest BCUT2D eigenvalue weighted by Crippen LogP contribution is 2.31. The van der Waals surface area contributed by atoms with E-state index in [1.165, 1.54) is 0 Å². The minimum Gasteiger partial charge on any atom is -0.486 e. The number of hydrogen-bond donors (Lipinski definition) is 1. The molecule has 0 saturated carbocycles. The van der Waals surface area contributed by atoms with Crippen LogP contribution in [0.2, 0.25) is 0 Å². The molecule has 0 aliphatic carbocycles. The van der Waals surface area contributed by atoms with E-state index in [1.807, 2.05) is 36.7 Å². The number of aromatic nitrogens is 2. The minimum absolute atomic E-state index is 0.0935.